The number of carboxylic acid groups (broad SMARTS) is 1. The largest absolute Gasteiger partial charge is 0.481 e. The van der Waals surface area contributed by atoms with Crippen molar-refractivity contribution in [1.29, 1.82) is 0 Å². The molecule has 0 aliphatic carbocycles. The molecule has 0 aromatic rings. The molecular formula is C15H22O2. The van der Waals surface area contributed by atoms with E-state index < -0.39 is 5.97 Å². The third kappa shape index (κ3) is 14.4. The standard InChI is InChI=1S/C15H22O2/c1-2-3-4-5-6-7-8-9-10-11-12-13-14-15(16)17/h2-3,5-6,8-9,11-12H,4,7,10,13-14H2,1H3,(H,16,17). The minimum Gasteiger partial charge on any atom is -0.481 e. The lowest BCUT2D eigenvalue weighted by Crippen LogP contribution is -1.91. The lowest BCUT2D eigenvalue weighted by molar-refractivity contribution is -0.136. The highest BCUT2D eigenvalue weighted by Gasteiger charge is 1.90. The Kier molecular flexibility index (Phi) is 11.3. The van der Waals surface area contributed by atoms with Gasteiger partial charge >= 0.3 is 5.97 Å². The van der Waals surface area contributed by atoms with E-state index in [-0.39, 0.29) is 6.42 Å². The molecule has 2 nitrogen and oxygen atoms in total. The van der Waals surface area contributed by atoms with Crippen molar-refractivity contribution >= 4 is 5.97 Å². The van der Waals surface area contributed by atoms with E-state index in [4.69, 9.17) is 5.11 Å². The molecule has 0 radical (unpaired) electrons. The van der Waals surface area contributed by atoms with Gasteiger partial charge in [-0.25, -0.2) is 0 Å². The summed E-state index contributed by atoms with van der Waals surface area (Å²) < 4.78 is 0. The fourth-order valence-electron chi connectivity index (χ4n) is 1.18. The number of aliphatic carboxylic acids is 1. The van der Waals surface area contributed by atoms with Gasteiger partial charge in [0.1, 0.15) is 0 Å². The van der Waals surface area contributed by atoms with Gasteiger partial charge in [-0.05, 0) is 32.6 Å². The van der Waals surface area contributed by atoms with Gasteiger partial charge in [0, 0.05) is 6.42 Å². The Balaban J connectivity index is 3.41. The van der Waals surface area contributed by atoms with Crippen LogP contribution in [0.5, 0.6) is 0 Å². The van der Waals surface area contributed by atoms with Gasteiger partial charge in [0.25, 0.3) is 0 Å². The van der Waals surface area contributed by atoms with Gasteiger partial charge in [-0.1, -0.05) is 48.6 Å². The minimum absolute atomic E-state index is 0.216. The molecule has 0 spiro atoms. The van der Waals surface area contributed by atoms with Gasteiger partial charge in [-0.15, -0.1) is 0 Å². The molecule has 17 heavy (non-hydrogen) atoms. The second-order valence-electron chi connectivity index (χ2n) is 3.62. The van der Waals surface area contributed by atoms with Gasteiger partial charge in [0.2, 0.25) is 0 Å². The van der Waals surface area contributed by atoms with E-state index in [0.717, 1.165) is 19.3 Å². The Morgan fingerprint density at radius 3 is 1.82 bits per heavy atom. The molecule has 0 saturated heterocycles. The smallest absolute Gasteiger partial charge is 0.303 e. The zero-order chi connectivity index (χ0) is 12.8. The average molecular weight is 234 g/mol. The summed E-state index contributed by atoms with van der Waals surface area (Å²) in [7, 11) is 0. The Morgan fingerprint density at radius 2 is 1.35 bits per heavy atom. The second kappa shape index (κ2) is 12.5. The summed E-state index contributed by atoms with van der Waals surface area (Å²) in [4.78, 5) is 10.2. The van der Waals surface area contributed by atoms with Crippen LogP contribution in [0.3, 0.4) is 0 Å². The Hall–Kier alpha value is -1.57. The van der Waals surface area contributed by atoms with Gasteiger partial charge < -0.3 is 5.11 Å². The van der Waals surface area contributed by atoms with Crippen LogP contribution in [0.25, 0.3) is 0 Å². The Labute approximate surface area is 104 Å². The van der Waals surface area contributed by atoms with E-state index in [0.29, 0.717) is 6.42 Å². The summed E-state index contributed by atoms with van der Waals surface area (Å²) in [5, 5.41) is 8.41. The monoisotopic (exact) mass is 234 g/mol. The lowest BCUT2D eigenvalue weighted by Gasteiger charge is -1.87. The van der Waals surface area contributed by atoms with Gasteiger partial charge in [-0.3, -0.25) is 4.79 Å². The van der Waals surface area contributed by atoms with Gasteiger partial charge in [-0.2, -0.15) is 0 Å². The van der Waals surface area contributed by atoms with Crippen LogP contribution >= 0.6 is 0 Å². The SMILES string of the molecule is CC=CCC=CCC=CCC=CCCC(=O)O. The highest BCUT2D eigenvalue weighted by molar-refractivity contribution is 5.66. The summed E-state index contributed by atoms with van der Waals surface area (Å²) in [5.41, 5.74) is 0. The zero-order valence-electron chi connectivity index (χ0n) is 10.5. The molecule has 94 valence electrons. The molecule has 0 aliphatic rings. The van der Waals surface area contributed by atoms with Gasteiger partial charge in [0.15, 0.2) is 0 Å². The molecule has 0 aromatic heterocycles. The number of allylic oxidation sites excluding steroid dienone is 8. The maximum absolute atomic E-state index is 10.2. The Bertz CT molecular complexity index is 296. The van der Waals surface area contributed by atoms with Crippen molar-refractivity contribution in [3.8, 4) is 0 Å². The van der Waals surface area contributed by atoms with Crippen LogP contribution in [-0.4, -0.2) is 11.1 Å². The highest BCUT2D eigenvalue weighted by atomic mass is 16.4. The van der Waals surface area contributed by atoms with Crippen LogP contribution in [0.4, 0.5) is 0 Å². The minimum atomic E-state index is -0.739. The Morgan fingerprint density at radius 1 is 0.882 bits per heavy atom. The predicted octanol–water partition coefficient (Wildman–Crippen LogP) is 4.27. The van der Waals surface area contributed by atoms with Crippen LogP contribution in [-0.2, 0) is 4.79 Å². The quantitative estimate of drug-likeness (QED) is 0.605. The highest BCUT2D eigenvalue weighted by Crippen LogP contribution is 1.96. The maximum Gasteiger partial charge on any atom is 0.303 e. The van der Waals surface area contributed by atoms with Crippen molar-refractivity contribution in [1.82, 2.24) is 0 Å². The number of carboxylic acids is 1. The summed E-state index contributed by atoms with van der Waals surface area (Å²) in [6.07, 6.45) is 20.3. The van der Waals surface area contributed by atoms with Crippen LogP contribution in [0.15, 0.2) is 48.6 Å². The maximum atomic E-state index is 10.2. The summed E-state index contributed by atoms with van der Waals surface area (Å²) in [6, 6.07) is 0. The molecule has 0 atom stereocenters. The molecule has 0 heterocycles. The first-order valence-electron chi connectivity index (χ1n) is 6.05. The average Bonchev–Trinajstić information content (AvgIpc) is 2.30. The molecule has 0 saturated carbocycles. The molecule has 0 aliphatic heterocycles. The van der Waals surface area contributed by atoms with E-state index in [2.05, 4.69) is 30.4 Å². The number of carbonyl (C=O) groups is 1. The molecule has 0 unspecified atom stereocenters. The normalized spacial score (nSPS) is 12.5. The third-order valence-electron chi connectivity index (χ3n) is 2.08. The number of rotatable bonds is 9. The van der Waals surface area contributed by atoms with Crippen LogP contribution in [0.2, 0.25) is 0 Å². The summed E-state index contributed by atoms with van der Waals surface area (Å²) in [6.45, 7) is 2.02. The van der Waals surface area contributed by atoms with Crippen LogP contribution in [0, 0.1) is 0 Å². The number of hydrogen-bond donors (Lipinski definition) is 1. The van der Waals surface area contributed by atoms with Gasteiger partial charge in [0.05, 0.1) is 0 Å². The number of hydrogen-bond acceptors (Lipinski definition) is 1. The first-order chi connectivity index (χ1) is 8.27. The molecule has 0 rings (SSSR count). The van der Waals surface area contributed by atoms with Crippen LogP contribution in [0.1, 0.15) is 39.0 Å². The topological polar surface area (TPSA) is 37.3 Å². The first-order valence-corrected chi connectivity index (χ1v) is 6.05. The van der Waals surface area contributed by atoms with Crippen molar-refractivity contribution in [3.05, 3.63) is 48.6 Å². The summed E-state index contributed by atoms with van der Waals surface area (Å²) >= 11 is 0. The van der Waals surface area contributed by atoms with Crippen molar-refractivity contribution in [2.75, 3.05) is 0 Å². The molecule has 0 bridgehead atoms. The predicted molar refractivity (Wildman–Crippen MR) is 73.0 cm³/mol. The van der Waals surface area contributed by atoms with Crippen molar-refractivity contribution < 1.29 is 9.90 Å². The third-order valence-corrected chi connectivity index (χ3v) is 2.08. The van der Waals surface area contributed by atoms with E-state index >= 15 is 0 Å². The van der Waals surface area contributed by atoms with Crippen molar-refractivity contribution in [3.63, 3.8) is 0 Å². The first kappa shape index (κ1) is 15.4. The molecule has 0 amide bonds. The van der Waals surface area contributed by atoms with E-state index in [1.165, 1.54) is 0 Å². The van der Waals surface area contributed by atoms with E-state index in [1.807, 2.05) is 25.2 Å². The van der Waals surface area contributed by atoms with Crippen molar-refractivity contribution in [2.45, 2.75) is 39.0 Å². The van der Waals surface area contributed by atoms with Crippen molar-refractivity contribution in [2.24, 2.45) is 0 Å². The summed E-state index contributed by atoms with van der Waals surface area (Å²) in [5.74, 6) is -0.739. The molecule has 2 heteroatoms. The molecule has 0 aromatic carbocycles. The van der Waals surface area contributed by atoms with E-state index in [1.54, 1.807) is 0 Å². The fourth-order valence-corrected chi connectivity index (χ4v) is 1.18. The molecule has 0 fully saturated rings. The fraction of sp³-hybridized carbons (Fsp3) is 0.400. The molecule has 1 N–H and O–H groups in total. The second-order valence-corrected chi connectivity index (χ2v) is 3.62. The van der Waals surface area contributed by atoms with Crippen LogP contribution < -0.4 is 0 Å². The lowest BCUT2D eigenvalue weighted by atomic mass is 10.2. The van der Waals surface area contributed by atoms with E-state index in [9.17, 15) is 4.79 Å². The zero-order valence-corrected chi connectivity index (χ0v) is 10.5. The molecular weight excluding hydrogens is 212 g/mol.